The maximum Gasteiger partial charge on any atom is 0.269 e. The van der Waals surface area contributed by atoms with Gasteiger partial charge in [-0.2, -0.15) is 0 Å². The van der Waals surface area contributed by atoms with Gasteiger partial charge < -0.3 is 4.90 Å². The summed E-state index contributed by atoms with van der Waals surface area (Å²) in [5.74, 6) is 1.59. The average molecular weight is 409 g/mol. The number of hydrogen-bond acceptors (Lipinski definition) is 5. The first-order valence-corrected chi connectivity index (χ1v) is 11.5. The average Bonchev–Trinajstić information content (AvgIpc) is 3.35. The predicted molar refractivity (Wildman–Crippen MR) is 117 cm³/mol. The van der Waals surface area contributed by atoms with E-state index in [4.69, 9.17) is 0 Å². The number of anilines is 1. The molecule has 0 spiro atoms. The van der Waals surface area contributed by atoms with Gasteiger partial charge >= 0.3 is 0 Å². The highest BCUT2D eigenvalue weighted by Crippen LogP contribution is 2.42. The Kier molecular flexibility index (Phi) is 4.35. The maximum atomic E-state index is 13.3. The van der Waals surface area contributed by atoms with Crippen LogP contribution in [0, 0.1) is 0 Å². The molecule has 7 heteroatoms. The second-order valence-electron chi connectivity index (χ2n) is 7.68. The van der Waals surface area contributed by atoms with E-state index in [1.807, 2.05) is 6.07 Å². The molecule has 3 aliphatic heterocycles. The lowest BCUT2D eigenvalue weighted by Crippen LogP contribution is -2.34. The molecule has 0 atom stereocenters. The summed E-state index contributed by atoms with van der Waals surface area (Å²) in [7, 11) is -3.71. The third kappa shape index (κ3) is 3.00. The Morgan fingerprint density at radius 1 is 1.03 bits per heavy atom. The van der Waals surface area contributed by atoms with Crippen molar-refractivity contribution in [3.63, 3.8) is 0 Å². The number of rotatable bonds is 3. The van der Waals surface area contributed by atoms with Crippen LogP contribution in [0.4, 0.5) is 11.5 Å². The van der Waals surface area contributed by atoms with Gasteiger partial charge in [-0.25, -0.2) is 17.4 Å². The van der Waals surface area contributed by atoms with E-state index in [2.05, 4.69) is 33.5 Å². The van der Waals surface area contributed by atoms with Gasteiger partial charge in [0, 0.05) is 19.3 Å². The Morgan fingerprint density at radius 2 is 1.83 bits per heavy atom. The first-order chi connectivity index (χ1) is 14.1. The minimum absolute atomic E-state index is 0.283. The molecule has 0 aromatic carbocycles. The van der Waals surface area contributed by atoms with Crippen molar-refractivity contribution in [1.29, 1.82) is 0 Å². The zero-order valence-electron chi connectivity index (χ0n) is 16.3. The lowest BCUT2D eigenvalue weighted by atomic mass is 10.1. The van der Waals surface area contributed by atoms with Crippen LogP contribution in [0.3, 0.4) is 0 Å². The maximum absolute atomic E-state index is 13.3. The topological polar surface area (TPSA) is 57.9 Å². The smallest absolute Gasteiger partial charge is 0.269 e. The van der Waals surface area contributed by atoms with E-state index >= 15 is 0 Å². The molecule has 0 radical (unpaired) electrons. The van der Waals surface area contributed by atoms with E-state index in [9.17, 15) is 8.42 Å². The van der Waals surface area contributed by atoms with Crippen LogP contribution >= 0.6 is 0 Å². The van der Waals surface area contributed by atoms with Crippen molar-refractivity contribution >= 4 is 27.7 Å². The van der Waals surface area contributed by atoms with Crippen molar-refractivity contribution in [2.24, 2.45) is 4.99 Å². The first-order valence-electron chi connectivity index (χ1n) is 10.1. The van der Waals surface area contributed by atoms with Gasteiger partial charge in [-0.05, 0) is 50.3 Å². The number of aliphatic imine (C=N–C) groups is 1. The molecule has 4 heterocycles. The molecule has 1 fully saturated rings. The molecule has 1 aromatic rings. The summed E-state index contributed by atoms with van der Waals surface area (Å²) in [6.45, 7) is 5.94. The van der Waals surface area contributed by atoms with Gasteiger partial charge in [0.15, 0.2) is 5.82 Å². The third-order valence-corrected chi connectivity index (χ3v) is 7.45. The molecular formula is C22H24N4O2S. The Labute approximate surface area is 171 Å². The lowest BCUT2D eigenvalue weighted by Gasteiger charge is -2.35. The molecule has 0 amide bonds. The number of nitrogens with zero attached hydrogens (tertiary/aromatic N) is 4. The number of fused-ring (bicyclic) bond motifs is 3. The fourth-order valence-electron chi connectivity index (χ4n) is 4.24. The summed E-state index contributed by atoms with van der Waals surface area (Å²) in [4.78, 5) is 9.39. The highest BCUT2D eigenvalue weighted by molar-refractivity contribution is 7.94. The van der Waals surface area contributed by atoms with Crippen molar-refractivity contribution in [1.82, 2.24) is 8.87 Å². The normalized spacial score (nSPS) is 21.4. The fourth-order valence-corrected chi connectivity index (χ4v) is 5.59. The molecule has 1 aromatic heterocycles. The predicted octanol–water partition coefficient (Wildman–Crippen LogP) is 4.20. The zero-order valence-corrected chi connectivity index (χ0v) is 17.1. The van der Waals surface area contributed by atoms with E-state index in [0.29, 0.717) is 12.2 Å². The quantitative estimate of drug-likeness (QED) is 0.752. The monoisotopic (exact) mass is 408 g/mol. The molecule has 29 heavy (non-hydrogen) atoms. The van der Waals surface area contributed by atoms with Crippen molar-refractivity contribution in [3.8, 4) is 0 Å². The number of hydrogen-bond donors (Lipinski definition) is 0. The van der Waals surface area contributed by atoms with Crippen LogP contribution in [0.25, 0.3) is 0 Å². The molecule has 0 saturated carbocycles. The van der Waals surface area contributed by atoms with Gasteiger partial charge in [-0.1, -0.05) is 30.4 Å². The molecule has 0 unspecified atom stereocenters. The largest absolute Gasteiger partial charge is 0.358 e. The Hall–Kier alpha value is -2.80. The van der Waals surface area contributed by atoms with Crippen LogP contribution in [0.5, 0.6) is 0 Å². The van der Waals surface area contributed by atoms with E-state index in [1.54, 1.807) is 30.6 Å². The Bertz CT molecular complexity index is 1130. The molecule has 4 aliphatic rings. The first kappa shape index (κ1) is 18.2. The number of aromatic nitrogens is 1. The summed E-state index contributed by atoms with van der Waals surface area (Å²) in [6, 6.07) is 1.86. The van der Waals surface area contributed by atoms with Crippen molar-refractivity contribution in [2.45, 2.75) is 32.1 Å². The van der Waals surface area contributed by atoms with Gasteiger partial charge in [0.2, 0.25) is 0 Å². The van der Waals surface area contributed by atoms with Crippen molar-refractivity contribution < 1.29 is 8.42 Å². The van der Waals surface area contributed by atoms with Crippen molar-refractivity contribution in [2.75, 3.05) is 18.0 Å². The van der Waals surface area contributed by atoms with E-state index < -0.39 is 10.0 Å². The summed E-state index contributed by atoms with van der Waals surface area (Å²) in [5.41, 5.74) is 2.72. The van der Waals surface area contributed by atoms with E-state index in [0.717, 1.165) is 48.7 Å². The van der Waals surface area contributed by atoms with Crippen LogP contribution < -0.4 is 4.90 Å². The Morgan fingerprint density at radius 3 is 2.59 bits per heavy atom. The highest BCUT2D eigenvalue weighted by atomic mass is 32.2. The summed E-state index contributed by atoms with van der Waals surface area (Å²) >= 11 is 0. The summed E-state index contributed by atoms with van der Waals surface area (Å²) in [6.07, 6.45) is 17.8. The number of likely N-dealkylation sites (tertiary alicyclic amines) is 1. The Balaban J connectivity index is 1.59. The molecule has 1 aliphatic carbocycles. The lowest BCUT2D eigenvalue weighted by molar-refractivity contribution is 0.416. The molecule has 6 nitrogen and oxygen atoms in total. The second kappa shape index (κ2) is 6.91. The SMILES string of the molecule is C=C1C=CC(S(=O)(=O)n2ccc3c2N=CC2=CCCC=C(N4CCCC4)N23)=CC1. The van der Waals surface area contributed by atoms with Gasteiger partial charge in [0.05, 0.1) is 22.5 Å². The highest BCUT2D eigenvalue weighted by Gasteiger charge is 2.32. The summed E-state index contributed by atoms with van der Waals surface area (Å²) < 4.78 is 27.8. The van der Waals surface area contributed by atoms with Gasteiger partial charge in [0.25, 0.3) is 10.0 Å². The molecule has 1 saturated heterocycles. The molecule has 0 bridgehead atoms. The van der Waals surface area contributed by atoms with E-state index in [1.165, 1.54) is 16.8 Å². The summed E-state index contributed by atoms with van der Waals surface area (Å²) in [5, 5.41) is 0. The van der Waals surface area contributed by atoms with Crippen LogP contribution in [0.2, 0.25) is 0 Å². The zero-order chi connectivity index (χ0) is 20.0. The third-order valence-electron chi connectivity index (χ3n) is 5.74. The van der Waals surface area contributed by atoms with Crippen LogP contribution in [0.15, 0.2) is 76.2 Å². The molecule has 5 rings (SSSR count). The number of allylic oxidation sites excluding steroid dienone is 7. The van der Waals surface area contributed by atoms with Crippen molar-refractivity contribution in [3.05, 3.63) is 71.2 Å². The fraction of sp³-hybridized carbons (Fsp3) is 0.318. The second-order valence-corrected chi connectivity index (χ2v) is 9.50. The minimum atomic E-state index is -3.71. The van der Waals surface area contributed by atoms with Gasteiger partial charge in [0.1, 0.15) is 5.82 Å². The standard InChI is InChI=1S/C22H24N4O2S/c1-17-8-10-19(11-9-17)29(27,28)25-15-12-20-22(25)23-16-18-6-2-3-7-21(26(18)20)24-13-4-5-14-24/h6-8,10-12,15-16H,1-5,9,13-14H2. The minimum Gasteiger partial charge on any atom is -0.358 e. The van der Waals surface area contributed by atoms with Crippen LogP contribution in [0.1, 0.15) is 32.1 Å². The van der Waals surface area contributed by atoms with E-state index in [-0.39, 0.29) is 4.91 Å². The molecular weight excluding hydrogens is 384 g/mol. The van der Waals surface area contributed by atoms with Crippen LogP contribution in [-0.4, -0.2) is 36.6 Å². The van der Waals surface area contributed by atoms with Gasteiger partial charge in [-0.3, -0.25) is 4.90 Å². The molecule has 150 valence electrons. The molecule has 0 N–H and O–H groups in total. The van der Waals surface area contributed by atoms with Gasteiger partial charge in [-0.15, -0.1) is 0 Å². The van der Waals surface area contributed by atoms with Crippen LogP contribution in [-0.2, 0) is 10.0 Å².